The van der Waals surface area contributed by atoms with Crippen molar-refractivity contribution < 1.29 is 4.74 Å². The predicted octanol–water partition coefficient (Wildman–Crippen LogP) is 2.55. The molecule has 1 atom stereocenters. The first kappa shape index (κ1) is 12.6. The Balaban J connectivity index is 2.43. The van der Waals surface area contributed by atoms with E-state index < -0.39 is 0 Å². The van der Waals surface area contributed by atoms with Crippen LogP contribution in [0.1, 0.15) is 24.9 Å². The third kappa shape index (κ3) is 2.38. The summed E-state index contributed by atoms with van der Waals surface area (Å²) in [4.78, 5) is 0. The second-order valence-electron chi connectivity index (χ2n) is 4.13. The summed E-state index contributed by atoms with van der Waals surface area (Å²) in [7, 11) is 3.63. The molecule has 0 saturated heterocycles. The van der Waals surface area contributed by atoms with Crippen molar-refractivity contribution in [3.8, 4) is 11.4 Å². The van der Waals surface area contributed by atoms with Crippen molar-refractivity contribution in [2.75, 3.05) is 14.2 Å². The Hall–Kier alpha value is -1.81. The van der Waals surface area contributed by atoms with Gasteiger partial charge in [0.05, 0.1) is 25.2 Å². The predicted molar refractivity (Wildman–Crippen MR) is 72.2 cm³/mol. The first-order valence-corrected chi connectivity index (χ1v) is 6.15. The van der Waals surface area contributed by atoms with Crippen LogP contribution in [-0.4, -0.2) is 23.9 Å². The molecule has 0 radical (unpaired) electrons. The monoisotopic (exact) mass is 245 g/mol. The average Bonchev–Trinajstić information content (AvgIpc) is 2.89. The van der Waals surface area contributed by atoms with Gasteiger partial charge in [0.15, 0.2) is 5.75 Å². The second kappa shape index (κ2) is 5.69. The van der Waals surface area contributed by atoms with E-state index in [1.807, 2.05) is 24.0 Å². The maximum atomic E-state index is 5.17. The van der Waals surface area contributed by atoms with Crippen LogP contribution < -0.4 is 10.1 Å². The molecule has 4 heteroatoms. The molecule has 0 bridgehead atoms. The maximum absolute atomic E-state index is 5.17. The topological polar surface area (TPSA) is 39.1 Å². The molecular formula is C14H19N3O. The Labute approximate surface area is 108 Å². The third-order valence-corrected chi connectivity index (χ3v) is 3.11. The van der Waals surface area contributed by atoms with Gasteiger partial charge < -0.3 is 10.1 Å². The standard InChI is InChI=1S/C14H19N3O/c1-4-13(15-2)12-7-5-6-8-14(12)17-10-11(18-3)9-16-17/h5-10,13,15H,4H2,1-3H3. The molecule has 0 amide bonds. The van der Waals surface area contributed by atoms with Crippen molar-refractivity contribution >= 4 is 0 Å². The van der Waals surface area contributed by atoms with Gasteiger partial charge in [0.1, 0.15) is 0 Å². The van der Waals surface area contributed by atoms with Gasteiger partial charge in [0, 0.05) is 6.04 Å². The highest BCUT2D eigenvalue weighted by atomic mass is 16.5. The highest BCUT2D eigenvalue weighted by molar-refractivity contribution is 5.43. The van der Waals surface area contributed by atoms with Crippen molar-refractivity contribution in [1.82, 2.24) is 15.1 Å². The van der Waals surface area contributed by atoms with E-state index in [0.29, 0.717) is 6.04 Å². The van der Waals surface area contributed by atoms with E-state index in [4.69, 9.17) is 4.74 Å². The fourth-order valence-corrected chi connectivity index (χ4v) is 2.11. The molecule has 0 spiro atoms. The first-order chi connectivity index (χ1) is 8.80. The molecule has 96 valence electrons. The highest BCUT2D eigenvalue weighted by Crippen LogP contribution is 2.24. The lowest BCUT2D eigenvalue weighted by atomic mass is 10.0. The summed E-state index contributed by atoms with van der Waals surface area (Å²) < 4.78 is 7.03. The third-order valence-electron chi connectivity index (χ3n) is 3.11. The van der Waals surface area contributed by atoms with Gasteiger partial charge in [-0.3, -0.25) is 0 Å². The van der Waals surface area contributed by atoms with Gasteiger partial charge in [-0.1, -0.05) is 25.1 Å². The van der Waals surface area contributed by atoms with Crippen LogP contribution in [0.2, 0.25) is 0 Å². The molecule has 18 heavy (non-hydrogen) atoms. The molecule has 1 heterocycles. The molecule has 4 nitrogen and oxygen atoms in total. The van der Waals surface area contributed by atoms with Crippen molar-refractivity contribution in [3.63, 3.8) is 0 Å². The van der Waals surface area contributed by atoms with Gasteiger partial charge >= 0.3 is 0 Å². The highest BCUT2D eigenvalue weighted by Gasteiger charge is 2.13. The molecule has 1 aromatic heterocycles. The largest absolute Gasteiger partial charge is 0.493 e. The van der Waals surface area contributed by atoms with Gasteiger partial charge in [-0.05, 0) is 25.1 Å². The average molecular weight is 245 g/mol. The van der Waals surface area contributed by atoms with Gasteiger partial charge in [0.2, 0.25) is 0 Å². The number of hydrogen-bond donors (Lipinski definition) is 1. The normalized spacial score (nSPS) is 12.4. The van der Waals surface area contributed by atoms with Crippen molar-refractivity contribution in [3.05, 3.63) is 42.2 Å². The Kier molecular flexibility index (Phi) is 3.99. The van der Waals surface area contributed by atoms with E-state index in [-0.39, 0.29) is 0 Å². The van der Waals surface area contributed by atoms with E-state index in [9.17, 15) is 0 Å². The summed E-state index contributed by atoms with van der Waals surface area (Å²) in [6.45, 7) is 2.17. The Morgan fingerprint density at radius 2 is 2.17 bits per heavy atom. The maximum Gasteiger partial charge on any atom is 0.157 e. The van der Waals surface area contributed by atoms with Crippen molar-refractivity contribution in [1.29, 1.82) is 0 Å². The fraction of sp³-hybridized carbons (Fsp3) is 0.357. The Morgan fingerprint density at radius 3 is 2.78 bits per heavy atom. The number of nitrogens with zero attached hydrogens (tertiary/aromatic N) is 2. The van der Waals surface area contributed by atoms with Crippen LogP contribution in [0, 0.1) is 0 Å². The van der Waals surface area contributed by atoms with Gasteiger partial charge in [-0.2, -0.15) is 5.10 Å². The quantitative estimate of drug-likeness (QED) is 0.880. The number of rotatable bonds is 5. The summed E-state index contributed by atoms with van der Waals surface area (Å²) in [6.07, 6.45) is 4.64. The molecule has 0 aliphatic carbocycles. The molecule has 0 saturated carbocycles. The molecule has 1 N–H and O–H groups in total. The number of benzene rings is 1. The van der Waals surface area contributed by atoms with Crippen LogP contribution in [0.4, 0.5) is 0 Å². The number of nitrogens with one attached hydrogen (secondary N) is 1. The Bertz CT molecular complexity index is 503. The van der Waals surface area contributed by atoms with Crippen LogP contribution in [0.15, 0.2) is 36.7 Å². The van der Waals surface area contributed by atoms with E-state index in [2.05, 4.69) is 35.5 Å². The first-order valence-electron chi connectivity index (χ1n) is 6.15. The van der Waals surface area contributed by atoms with Gasteiger partial charge in [-0.25, -0.2) is 4.68 Å². The zero-order valence-corrected chi connectivity index (χ0v) is 11.1. The summed E-state index contributed by atoms with van der Waals surface area (Å²) >= 11 is 0. The minimum Gasteiger partial charge on any atom is -0.493 e. The van der Waals surface area contributed by atoms with E-state index >= 15 is 0 Å². The Morgan fingerprint density at radius 1 is 1.39 bits per heavy atom. The zero-order chi connectivity index (χ0) is 13.0. The minimum atomic E-state index is 0.330. The molecule has 0 aliphatic heterocycles. The summed E-state index contributed by atoms with van der Waals surface area (Å²) in [5, 5.41) is 7.66. The minimum absolute atomic E-state index is 0.330. The zero-order valence-electron chi connectivity index (χ0n) is 11.1. The van der Waals surface area contributed by atoms with Crippen LogP contribution in [0.25, 0.3) is 5.69 Å². The van der Waals surface area contributed by atoms with E-state index in [1.165, 1.54) is 5.56 Å². The number of para-hydroxylation sites is 1. The molecule has 2 aromatic rings. The van der Waals surface area contributed by atoms with E-state index in [0.717, 1.165) is 17.9 Å². The van der Waals surface area contributed by atoms with Crippen LogP contribution in [0.3, 0.4) is 0 Å². The van der Waals surface area contributed by atoms with Gasteiger partial charge in [-0.15, -0.1) is 0 Å². The lowest BCUT2D eigenvalue weighted by molar-refractivity contribution is 0.414. The van der Waals surface area contributed by atoms with Gasteiger partial charge in [0.25, 0.3) is 0 Å². The summed E-state index contributed by atoms with van der Waals surface area (Å²) in [6, 6.07) is 8.61. The van der Waals surface area contributed by atoms with Crippen LogP contribution >= 0.6 is 0 Å². The molecule has 1 aromatic carbocycles. The molecule has 2 rings (SSSR count). The number of aromatic nitrogens is 2. The molecule has 1 unspecified atom stereocenters. The van der Waals surface area contributed by atoms with Crippen LogP contribution in [-0.2, 0) is 0 Å². The number of ether oxygens (including phenoxy) is 1. The van der Waals surface area contributed by atoms with Crippen LogP contribution in [0.5, 0.6) is 5.75 Å². The molecule has 0 aliphatic rings. The smallest absolute Gasteiger partial charge is 0.157 e. The van der Waals surface area contributed by atoms with Crippen molar-refractivity contribution in [2.24, 2.45) is 0 Å². The summed E-state index contributed by atoms with van der Waals surface area (Å²) in [5.41, 5.74) is 2.33. The van der Waals surface area contributed by atoms with Crippen molar-refractivity contribution in [2.45, 2.75) is 19.4 Å². The second-order valence-corrected chi connectivity index (χ2v) is 4.13. The SMILES string of the molecule is CCC(NC)c1ccccc1-n1cc(OC)cn1. The summed E-state index contributed by atoms with van der Waals surface area (Å²) in [5.74, 6) is 0.766. The number of hydrogen-bond acceptors (Lipinski definition) is 3. The molecule has 0 fully saturated rings. The lowest BCUT2D eigenvalue weighted by Gasteiger charge is -2.18. The van der Waals surface area contributed by atoms with E-state index in [1.54, 1.807) is 13.3 Å². The number of methoxy groups -OCH3 is 1. The molecular weight excluding hydrogens is 226 g/mol. The fourth-order valence-electron chi connectivity index (χ4n) is 2.11. The lowest BCUT2D eigenvalue weighted by Crippen LogP contribution is -2.17.